The summed E-state index contributed by atoms with van der Waals surface area (Å²) in [6, 6.07) is 2.18. The predicted octanol–water partition coefficient (Wildman–Crippen LogP) is 1.84. The lowest BCUT2D eigenvalue weighted by molar-refractivity contribution is -0.137. The Balaban J connectivity index is 2.88. The molecule has 0 aromatic heterocycles. The molecule has 4 nitrogen and oxygen atoms in total. The standard InChI is InChI=1S/C13H17F2NO3/c1-2-16-11(5-6-12(17)18)13(19)9-7-8(14)3-4-10(9)15/h3-4,7,11,13,16,19H,2,5-6H2,1H3,(H,17,18). The van der Waals surface area contributed by atoms with Crippen LogP contribution in [0, 0.1) is 11.6 Å². The molecule has 0 heterocycles. The summed E-state index contributed by atoms with van der Waals surface area (Å²) in [6.07, 6.45) is -1.33. The number of benzene rings is 1. The van der Waals surface area contributed by atoms with Crippen molar-refractivity contribution in [3.8, 4) is 0 Å². The number of carboxylic acid groups (broad SMARTS) is 1. The van der Waals surface area contributed by atoms with Gasteiger partial charge in [0.25, 0.3) is 0 Å². The van der Waals surface area contributed by atoms with Gasteiger partial charge in [-0.05, 0) is 31.2 Å². The Bertz CT molecular complexity index is 440. The molecule has 0 bridgehead atoms. The second-order valence-corrected chi connectivity index (χ2v) is 4.21. The molecule has 2 unspecified atom stereocenters. The van der Waals surface area contributed by atoms with Crippen LogP contribution in [0.2, 0.25) is 0 Å². The van der Waals surface area contributed by atoms with E-state index in [4.69, 9.17) is 5.11 Å². The van der Waals surface area contributed by atoms with Gasteiger partial charge in [0.2, 0.25) is 0 Å². The van der Waals surface area contributed by atoms with Crippen molar-refractivity contribution in [3.63, 3.8) is 0 Å². The number of rotatable bonds is 7. The number of aliphatic hydroxyl groups is 1. The fourth-order valence-corrected chi connectivity index (χ4v) is 1.87. The first kappa shape index (κ1) is 15.5. The smallest absolute Gasteiger partial charge is 0.303 e. The summed E-state index contributed by atoms with van der Waals surface area (Å²) in [4.78, 5) is 10.5. The third-order valence-electron chi connectivity index (χ3n) is 2.79. The zero-order valence-electron chi connectivity index (χ0n) is 10.6. The number of likely N-dealkylation sites (N-methyl/N-ethyl adjacent to an activating group) is 1. The van der Waals surface area contributed by atoms with Gasteiger partial charge in [0.1, 0.15) is 11.6 Å². The molecular weight excluding hydrogens is 256 g/mol. The fraction of sp³-hybridized carbons (Fsp3) is 0.462. The van der Waals surface area contributed by atoms with Gasteiger partial charge in [-0.1, -0.05) is 6.92 Å². The Labute approximate surface area is 110 Å². The van der Waals surface area contributed by atoms with Gasteiger partial charge in [-0.25, -0.2) is 8.78 Å². The van der Waals surface area contributed by atoms with Crippen LogP contribution >= 0.6 is 0 Å². The second-order valence-electron chi connectivity index (χ2n) is 4.21. The van der Waals surface area contributed by atoms with E-state index >= 15 is 0 Å². The van der Waals surface area contributed by atoms with Crippen LogP contribution in [0.1, 0.15) is 31.4 Å². The van der Waals surface area contributed by atoms with E-state index in [1.807, 2.05) is 0 Å². The molecule has 0 radical (unpaired) electrons. The quantitative estimate of drug-likeness (QED) is 0.709. The average Bonchev–Trinajstić information content (AvgIpc) is 2.36. The topological polar surface area (TPSA) is 69.6 Å². The minimum absolute atomic E-state index is 0.125. The molecule has 0 saturated carbocycles. The van der Waals surface area contributed by atoms with Crippen molar-refractivity contribution in [3.05, 3.63) is 35.4 Å². The summed E-state index contributed by atoms with van der Waals surface area (Å²) >= 11 is 0. The zero-order valence-corrected chi connectivity index (χ0v) is 10.6. The van der Waals surface area contributed by atoms with Gasteiger partial charge < -0.3 is 15.5 Å². The summed E-state index contributed by atoms with van der Waals surface area (Å²) in [6.45, 7) is 2.26. The number of aliphatic carboxylic acids is 1. The Morgan fingerprint density at radius 3 is 2.68 bits per heavy atom. The summed E-state index contributed by atoms with van der Waals surface area (Å²) < 4.78 is 26.6. The lowest BCUT2D eigenvalue weighted by Gasteiger charge is -2.24. The van der Waals surface area contributed by atoms with Crippen molar-refractivity contribution in [2.45, 2.75) is 31.9 Å². The van der Waals surface area contributed by atoms with Crippen LogP contribution in [-0.2, 0) is 4.79 Å². The molecule has 6 heteroatoms. The molecule has 0 aliphatic carbocycles. The van der Waals surface area contributed by atoms with Gasteiger partial charge in [-0.3, -0.25) is 4.79 Å². The van der Waals surface area contributed by atoms with Crippen molar-refractivity contribution in [2.24, 2.45) is 0 Å². The molecular formula is C13H17F2NO3. The maximum Gasteiger partial charge on any atom is 0.303 e. The number of hydrogen-bond donors (Lipinski definition) is 3. The maximum atomic E-state index is 13.5. The zero-order chi connectivity index (χ0) is 14.4. The molecule has 1 rings (SSSR count). The molecule has 0 amide bonds. The highest BCUT2D eigenvalue weighted by Crippen LogP contribution is 2.23. The first-order chi connectivity index (χ1) is 8.95. The number of carbonyl (C=O) groups is 1. The van der Waals surface area contributed by atoms with Crippen molar-refractivity contribution in [1.82, 2.24) is 5.32 Å². The Kier molecular flexibility index (Phi) is 5.85. The number of hydrogen-bond acceptors (Lipinski definition) is 3. The Hall–Kier alpha value is -1.53. The molecule has 1 aromatic rings. The van der Waals surface area contributed by atoms with Crippen molar-refractivity contribution in [2.75, 3.05) is 6.54 Å². The van der Waals surface area contributed by atoms with E-state index < -0.39 is 29.7 Å². The first-order valence-electron chi connectivity index (χ1n) is 6.04. The van der Waals surface area contributed by atoms with E-state index in [9.17, 15) is 18.7 Å². The highest BCUT2D eigenvalue weighted by molar-refractivity contribution is 5.66. The van der Waals surface area contributed by atoms with Crippen LogP contribution in [0.3, 0.4) is 0 Å². The van der Waals surface area contributed by atoms with Crippen LogP contribution < -0.4 is 5.32 Å². The van der Waals surface area contributed by atoms with Gasteiger partial charge in [0.15, 0.2) is 0 Å². The number of nitrogens with one attached hydrogen (secondary N) is 1. The van der Waals surface area contributed by atoms with Crippen LogP contribution in [0.4, 0.5) is 8.78 Å². The number of halogens is 2. The van der Waals surface area contributed by atoms with Crippen LogP contribution in [-0.4, -0.2) is 28.8 Å². The molecule has 1 aromatic carbocycles. The molecule has 106 valence electrons. The molecule has 0 fully saturated rings. The summed E-state index contributed by atoms with van der Waals surface area (Å²) in [5.74, 6) is -2.37. The lowest BCUT2D eigenvalue weighted by atomic mass is 9.97. The van der Waals surface area contributed by atoms with E-state index in [1.54, 1.807) is 6.92 Å². The molecule has 3 N–H and O–H groups in total. The number of carboxylic acids is 1. The lowest BCUT2D eigenvalue weighted by Crippen LogP contribution is -2.35. The van der Waals surface area contributed by atoms with Crippen LogP contribution in [0.5, 0.6) is 0 Å². The van der Waals surface area contributed by atoms with E-state index in [1.165, 1.54) is 0 Å². The molecule has 0 aliphatic rings. The van der Waals surface area contributed by atoms with E-state index in [2.05, 4.69) is 5.32 Å². The summed E-state index contributed by atoms with van der Waals surface area (Å²) in [5, 5.41) is 21.6. The van der Waals surface area contributed by atoms with Gasteiger partial charge in [-0.15, -0.1) is 0 Å². The molecule has 2 atom stereocenters. The van der Waals surface area contributed by atoms with Gasteiger partial charge in [0.05, 0.1) is 6.10 Å². The van der Waals surface area contributed by atoms with Crippen LogP contribution in [0.25, 0.3) is 0 Å². The summed E-state index contributed by atoms with van der Waals surface area (Å²) in [5.41, 5.74) is -0.170. The Morgan fingerprint density at radius 2 is 2.11 bits per heavy atom. The number of aliphatic hydroxyl groups excluding tert-OH is 1. The largest absolute Gasteiger partial charge is 0.481 e. The highest BCUT2D eigenvalue weighted by Gasteiger charge is 2.24. The fourth-order valence-electron chi connectivity index (χ4n) is 1.87. The minimum atomic E-state index is -1.30. The predicted molar refractivity (Wildman–Crippen MR) is 65.7 cm³/mol. The molecule has 0 saturated heterocycles. The SMILES string of the molecule is CCNC(CCC(=O)O)C(O)c1cc(F)ccc1F. The second kappa shape index (κ2) is 7.16. The van der Waals surface area contributed by atoms with Gasteiger partial charge in [-0.2, -0.15) is 0 Å². The van der Waals surface area contributed by atoms with E-state index in [0.29, 0.717) is 6.54 Å². The van der Waals surface area contributed by atoms with E-state index in [0.717, 1.165) is 18.2 Å². The Morgan fingerprint density at radius 1 is 1.42 bits per heavy atom. The summed E-state index contributed by atoms with van der Waals surface area (Å²) in [7, 11) is 0. The van der Waals surface area contributed by atoms with Crippen molar-refractivity contribution >= 4 is 5.97 Å². The average molecular weight is 273 g/mol. The van der Waals surface area contributed by atoms with Crippen LogP contribution in [0.15, 0.2) is 18.2 Å². The highest BCUT2D eigenvalue weighted by atomic mass is 19.1. The third kappa shape index (κ3) is 4.57. The first-order valence-corrected chi connectivity index (χ1v) is 6.04. The van der Waals surface area contributed by atoms with Crippen molar-refractivity contribution < 1.29 is 23.8 Å². The minimum Gasteiger partial charge on any atom is -0.481 e. The third-order valence-corrected chi connectivity index (χ3v) is 2.79. The van der Waals surface area contributed by atoms with Gasteiger partial charge in [0, 0.05) is 18.0 Å². The van der Waals surface area contributed by atoms with Gasteiger partial charge >= 0.3 is 5.97 Å². The normalized spacial score (nSPS) is 14.1. The molecule has 0 spiro atoms. The molecule has 19 heavy (non-hydrogen) atoms. The van der Waals surface area contributed by atoms with E-state index in [-0.39, 0.29) is 18.4 Å². The monoisotopic (exact) mass is 273 g/mol. The van der Waals surface area contributed by atoms with Crippen molar-refractivity contribution in [1.29, 1.82) is 0 Å². The molecule has 0 aliphatic heterocycles. The maximum absolute atomic E-state index is 13.5.